The van der Waals surface area contributed by atoms with Crippen molar-refractivity contribution in [1.29, 1.82) is 0 Å². The summed E-state index contributed by atoms with van der Waals surface area (Å²) in [5.74, 6) is 0.978. The molecule has 0 aliphatic carbocycles. The van der Waals surface area contributed by atoms with E-state index in [1.165, 1.54) is 112 Å². The number of hydrogen-bond acceptors (Lipinski definition) is 2. The summed E-state index contributed by atoms with van der Waals surface area (Å²) in [6, 6.07) is 17.1. The fourth-order valence-electron chi connectivity index (χ4n) is 4.73. The van der Waals surface area contributed by atoms with E-state index in [9.17, 15) is 0 Å². The highest BCUT2D eigenvalue weighted by Gasteiger charge is 2.10. The van der Waals surface area contributed by atoms with Gasteiger partial charge < -0.3 is 9.80 Å². The number of benzene rings is 2. The van der Waals surface area contributed by atoms with Crippen LogP contribution in [0.25, 0.3) is 11.6 Å². The third kappa shape index (κ3) is 26.5. The van der Waals surface area contributed by atoms with Gasteiger partial charge in [0.05, 0.1) is 0 Å². The molecular formula is C42H78N2. The van der Waals surface area contributed by atoms with E-state index in [-0.39, 0.29) is 0 Å². The molecule has 1 fully saturated rings. The first-order chi connectivity index (χ1) is 21.2. The van der Waals surface area contributed by atoms with E-state index in [2.05, 4.69) is 134 Å². The Morgan fingerprint density at radius 1 is 0.750 bits per heavy atom. The smallest absolute Gasteiger partial charge is 0.00192 e. The average Bonchev–Trinajstić information content (AvgIpc) is 3.03. The molecule has 256 valence electrons. The van der Waals surface area contributed by atoms with Crippen molar-refractivity contribution in [3.63, 3.8) is 0 Å². The lowest BCUT2D eigenvalue weighted by Gasteiger charge is -2.26. The minimum atomic E-state index is 0.978. The van der Waals surface area contributed by atoms with E-state index in [0.717, 1.165) is 5.92 Å². The molecule has 0 bridgehead atoms. The number of aryl methyl sites for hydroxylation is 2. The molecule has 0 unspecified atom stereocenters. The number of rotatable bonds is 10. The van der Waals surface area contributed by atoms with Gasteiger partial charge in [-0.3, -0.25) is 0 Å². The van der Waals surface area contributed by atoms with E-state index in [1.807, 2.05) is 27.7 Å². The zero-order chi connectivity index (χ0) is 34.2. The molecule has 1 aliphatic heterocycles. The van der Waals surface area contributed by atoms with Crippen molar-refractivity contribution in [2.45, 2.75) is 141 Å². The predicted octanol–water partition coefficient (Wildman–Crippen LogP) is 13.0. The fourth-order valence-corrected chi connectivity index (χ4v) is 4.73. The number of likely N-dealkylation sites (tertiary alicyclic amines) is 1. The van der Waals surface area contributed by atoms with Gasteiger partial charge in [-0.25, -0.2) is 0 Å². The molecule has 44 heavy (non-hydrogen) atoms. The Kier molecular flexibility index (Phi) is 35.9. The van der Waals surface area contributed by atoms with E-state index in [4.69, 9.17) is 0 Å². The molecule has 2 nitrogen and oxygen atoms in total. The van der Waals surface area contributed by atoms with Crippen LogP contribution in [0.2, 0.25) is 0 Å². The summed E-state index contributed by atoms with van der Waals surface area (Å²) in [4.78, 5) is 4.94. The summed E-state index contributed by atoms with van der Waals surface area (Å²) in [5.41, 5.74) is 6.53. The van der Waals surface area contributed by atoms with Crippen molar-refractivity contribution in [2.75, 3.05) is 39.8 Å². The maximum Gasteiger partial charge on any atom is -0.00192 e. The van der Waals surface area contributed by atoms with Crippen molar-refractivity contribution in [3.8, 4) is 0 Å². The molecule has 0 amide bonds. The Morgan fingerprint density at radius 2 is 1.25 bits per heavy atom. The van der Waals surface area contributed by atoms with Crippen LogP contribution >= 0.6 is 0 Å². The Labute approximate surface area is 278 Å². The minimum absolute atomic E-state index is 0.978. The standard InChI is InChI=1S/C17H18.C9H21N.C7H15N.C5H12.2C2H6/c1-13-7-6-10-16(11-13)15(3)12-17-9-5-4-8-14(17)2;1-4-7-10(8-5-2)9-6-3;1-7-3-5-8(2)6-4-7;1-3-5-4-2;2*1-2/h4-12H,1-3H3;4-9H2,1-3H3;7H,3-6H2,1-2H3;3-5H2,1-2H3;2*1-2H3/b15-12+;;;;;. The summed E-state index contributed by atoms with van der Waals surface area (Å²) >= 11 is 0. The van der Waals surface area contributed by atoms with Crippen LogP contribution in [0.1, 0.15) is 150 Å². The van der Waals surface area contributed by atoms with Crippen LogP contribution in [0.4, 0.5) is 0 Å². The Bertz CT molecular complexity index is 851. The molecule has 1 aliphatic rings. The van der Waals surface area contributed by atoms with Crippen molar-refractivity contribution in [1.82, 2.24) is 9.80 Å². The SMILES string of the molecule is C/C(=C\c1ccccc1C)c1cccc(C)c1.CC.CC.CC1CCN(C)CC1.CCCCC.CCCN(CCC)CCC. The van der Waals surface area contributed by atoms with Gasteiger partial charge in [-0.2, -0.15) is 0 Å². The normalized spacial score (nSPS) is 12.9. The molecule has 3 rings (SSSR count). The summed E-state index contributed by atoms with van der Waals surface area (Å²) in [6.45, 7) is 34.4. The lowest BCUT2D eigenvalue weighted by Crippen LogP contribution is -2.28. The molecule has 2 heteroatoms. The molecule has 0 aromatic heterocycles. The molecule has 2 aromatic rings. The summed E-state index contributed by atoms with van der Waals surface area (Å²) in [7, 11) is 2.20. The number of hydrogen-bond donors (Lipinski definition) is 0. The average molecular weight is 611 g/mol. The van der Waals surface area contributed by atoms with Crippen LogP contribution in [0.15, 0.2) is 48.5 Å². The van der Waals surface area contributed by atoms with E-state index in [1.54, 1.807) is 0 Å². The quantitative estimate of drug-likeness (QED) is 0.247. The second-order valence-corrected chi connectivity index (χ2v) is 11.7. The second-order valence-electron chi connectivity index (χ2n) is 11.7. The molecule has 1 heterocycles. The molecule has 0 radical (unpaired) electrons. The number of piperidine rings is 1. The number of allylic oxidation sites excluding steroid dienone is 1. The highest BCUT2D eigenvalue weighted by molar-refractivity contribution is 5.81. The van der Waals surface area contributed by atoms with Gasteiger partial charge in [-0.15, -0.1) is 0 Å². The zero-order valence-electron chi connectivity index (χ0n) is 32.4. The minimum Gasteiger partial charge on any atom is -0.306 e. The maximum absolute atomic E-state index is 2.54. The highest BCUT2D eigenvalue weighted by Crippen LogP contribution is 2.20. The molecule has 0 saturated carbocycles. The Hall–Kier alpha value is -1.90. The van der Waals surface area contributed by atoms with Gasteiger partial charge in [0.25, 0.3) is 0 Å². The molecule has 0 N–H and O–H groups in total. The van der Waals surface area contributed by atoms with Crippen LogP contribution in [-0.4, -0.2) is 49.6 Å². The Balaban J connectivity index is -0.000000535. The molecule has 1 saturated heterocycles. The van der Waals surface area contributed by atoms with Crippen molar-refractivity contribution >= 4 is 11.6 Å². The topological polar surface area (TPSA) is 6.48 Å². The maximum atomic E-state index is 2.54. The van der Waals surface area contributed by atoms with Gasteiger partial charge in [-0.1, -0.05) is 149 Å². The van der Waals surface area contributed by atoms with Crippen LogP contribution in [0.3, 0.4) is 0 Å². The second kappa shape index (κ2) is 34.0. The molecule has 0 spiro atoms. The first-order valence-corrected chi connectivity index (χ1v) is 18.4. The third-order valence-corrected chi connectivity index (χ3v) is 7.37. The number of nitrogens with zero attached hydrogens (tertiary/aromatic N) is 2. The van der Waals surface area contributed by atoms with Gasteiger partial charge in [0, 0.05) is 0 Å². The van der Waals surface area contributed by atoms with Gasteiger partial charge >= 0.3 is 0 Å². The zero-order valence-corrected chi connectivity index (χ0v) is 32.4. The first-order valence-electron chi connectivity index (χ1n) is 18.4. The van der Waals surface area contributed by atoms with E-state index >= 15 is 0 Å². The summed E-state index contributed by atoms with van der Waals surface area (Å²) in [6.07, 6.45) is 13.0. The monoisotopic (exact) mass is 611 g/mol. The summed E-state index contributed by atoms with van der Waals surface area (Å²) < 4.78 is 0. The first kappa shape index (κ1) is 46.5. The van der Waals surface area contributed by atoms with Crippen LogP contribution in [0.5, 0.6) is 0 Å². The van der Waals surface area contributed by atoms with Crippen molar-refractivity contribution in [2.24, 2.45) is 5.92 Å². The molecular weight excluding hydrogens is 532 g/mol. The van der Waals surface area contributed by atoms with Gasteiger partial charge in [0.2, 0.25) is 0 Å². The van der Waals surface area contributed by atoms with Gasteiger partial charge in [-0.05, 0) is 121 Å². The highest BCUT2D eigenvalue weighted by atomic mass is 15.1. The largest absolute Gasteiger partial charge is 0.306 e. The predicted molar refractivity (Wildman–Crippen MR) is 207 cm³/mol. The fraction of sp³-hybridized carbons (Fsp3) is 0.667. The number of unbranched alkanes of at least 4 members (excludes halogenated alkanes) is 2. The van der Waals surface area contributed by atoms with E-state index in [0.29, 0.717) is 0 Å². The molecule has 0 atom stereocenters. The lowest BCUT2D eigenvalue weighted by atomic mass is 10.00. The van der Waals surface area contributed by atoms with Crippen LogP contribution in [0, 0.1) is 19.8 Å². The van der Waals surface area contributed by atoms with Crippen molar-refractivity contribution in [3.05, 3.63) is 70.8 Å². The Morgan fingerprint density at radius 3 is 1.64 bits per heavy atom. The lowest BCUT2D eigenvalue weighted by molar-refractivity contribution is 0.230. The molecule has 2 aromatic carbocycles. The van der Waals surface area contributed by atoms with Gasteiger partial charge in [0.15, 0.2) is 0 Å². The summed E-state index contributed by atoms with van der Waals surface area (Å²) in [5, 5.41) is 0. The van der Waals surface area contributed by atoms with E-state index < -0.39 is 0 Å². The van der Waals surface area contributed by atoms with Crippen LogP contribution < -0.4 is 0 Å². The van der Waals surface area contributed by atoms with Crippen LogP contribution in [-0.2, 0) is 0 Å². The van der Waals surface area contributed by atoms with Crippen molar-refractivity contribution < 1.29 is 0 Å². The van der Waals surface area contributed by atoms with Gasteiger partial charge in [0.1, 0.15) is 0 Å². The third-order valence-electron chi connectivity index (χ3n) is 7.37.